The fourth-order valence-electron chi connectivity index (χ4n) is 5.04. The van der Waals surface area contributed by atoms with Gasteiger partial charge in [-0.05, 0) is 39.0 Å². The van der Waals surface area contributed by atoms with E-state index in [1.807, 2.05) is 66.5 Å². The van der Waals surface area contributed by atoms with Gasteiger partial charge in [0.15, 0.2) is 0 Å². The Morgan fingerprint density at radius 3 is 2.71 bits per heavy atom. The van der Waals surface area contributed by atoms with Crippen LogP contribution in [0.4, 0.5) is 11.8 Å². The molecule has 194 valence electrons. The van der Waals surface area contributed by atoms with Gasteiger partial charge >= 0.3 is 0 Å². The van der Waals surface area contributed by atoms with Gasteiger partial charge in [-0.2, -0.15) is 10.1 Å². The zero-order valence-corrected chi connectivity index (χ0v) is 22.4. The van der Waals surface area contributed by atoms with Gasteiger partial charge < -0.3 is 15.0 Å². The molecule has 0 unspecified atom stereocenters. The minimum absolute atomic E-state index is 0.171. The highest BCUT2D eigenvalue weighted by Crippen LogP contribution is 2.33. The van der Waals surface area contributed by atoms with Crippen LogP contribution in [0.25, 0.3) is 33.9 Å². The van der Waals surface area contributed by atoms with E-state index >= 15 is 0 Å². The summed E-state index contributed by atoms with van der Waals surface area (Å²) in [7, 11) is 1.85. The predicted octanol–water partition coefficient (Wildman–Crippen LogP) is 4.60. The number of anilines is 2. The number of fused-ring (bicyclic) bond motifs is 1. The van der Waals surface area contributed by atoms with E-state index in [0.29, 0.717) is 30.1 Å². The summed E-state index contributed by atoms with van der Waals surface area (Å²) < 4.78 is 9.52. The molecular formula is C27H28ClN9O. The monoisotopic (exact) mass is 529 g/mol. The average molecular weight is 530 g/mol. The first kappa shape index (κ1) is 24.3. The molecule has 1 atom stereocenters. The highest BCUT2D eigenvalue weighted by Gasteiger charge is 2.25. The molecule has 38 heavy (non-hydrogen) atoms. The van der Waals surface area contributed by atoms with Crippen LogP contribution in [-0.4, -0.2) is 67.1 Å². The smallest absolute Gasteiger partial charge is 0.239 e. The standard InChI is InChI=1S/C27H28ClN9O/c1-16-15-38-10-9-35(16)24-12-22(25-17(2)34-37(18(25)3)20-11-19(28)13-30-14-20)32-27(33-24)36-23-8-6-5-7-21(23)31-26(36)29-4/h5-8,11-14,16H,9-10,15H2,1-4H3,(H,29,31)/t16-/m1/s1. The van der Waals surface area contributed by atoms with E-state index in [0.717, 1.165) is 51.7 Å². The van der Waals surface area contributed by atoms with Crippen LogP contribution in [0.15, 0.2) is 48.8 Å². The van der Waals surface area contributed by atoms with Crippen molar-refractivity contribution in [1.29, 1.82) is 0 Å². The molecule has 0 aliphatic carbocycles. The van der Waals surface area contributed by atoms with Crippen LogP contribution in [0.2, 0.25) is 5.02 Å². The number of aryl methyl sites for hydroxylation is 1. The number of benzene rings is 1. The van der Waals surface area contributed by atoms with E-state index in [-0.39, 0.29) is 6.04 Å². The van der Waals surface area contributed by atoms with Crippen molar-refractivity contribution in [2.24, 2.45) is 0 Å². The molecule has 5 aromatic rings. The zero-order chi connectivity index (χ0) is 26.4. The van der Waals surface area contributed by atoms with Gasteiger partial charge in [0.05, 0.1) is 64.3 Å². The number of para-hydroxylation sites is 2. The lowest BCUT2D eigenvalue weighted by molar-refractivity contribution is 0.0985. The molecule has 6 rings (SSSR count). The SMILES string of the molecule is CNc1nc2ccccc2n1-c1nc(-c2c(C)nn(-c3cncc(Cl)c3)c2C)cc(N2CCOC[C@H]2C)n1. The van der Waals surface area contributed by atoms with Gasteiger partial charge in [0.1, 0.15) is 5.82 Å². The third-order valence-corrected chi connectivity index (χ3v) is 7.04. The topological polar surface area (TPSA) is 98.8 Å². The molecule has 11 heteroatoms. The number of nitrogens with one attached hydrogen (secondary N) is 1. The molecule has 1 aliphatic heterocycles. The molecule has 1 aromatic carbocycles. The van der Waals surface area contributed by atoms with Crippen LogP contribution in [0.1, 0.15) is 18.3 Å². The molecule has 1 N–H and O–H groups in total. The molecule has 5 heterocycles. The van der Waals surface area contributed by atoms with Crippen molar-refractivity contribution in [1.82, 2.24) is 34.3 Å². The van der Waals surface area contributed by atoms with Crippen LogP contribution in [0.3, 0.4) is 0 Å². The summed E-state index contributed by atoms with van der Waals surface area (Å²) in [6.45, 7) is 8.19. The average Bonchev–Trinajstić information content (AvgIpc) is 3.45. The number of ether oxygens (including phenoxy) is 1. The number of rotatable bonds is 5. The molecule has 1 aliphatic rings. The first-order valence-corrected chi connectivity index (χ1v) is 12.9. The number of nitrogens with zero attached hydrogens (tertiary/aromatic N) is 8. The van der Waals surface area contributed by atoms with Crippen LogP contribution in [0, 0.1) is 13.8 Å². The van der Waals surface area contributed by atoms with Crippen LogP contribution in [-0.2, 0) is 4.74 Å². The van der Waals surface area contributed by atoms with Crippen molar-refractivity contribution in [3.05, 3.63) is 65.2 Å². The van der Waals surface area contributed by atoms with Gasteiger partial charge in [0.25, 0.3) is 0 Å². The molecule has 4 aromatic heterocycles. The third-order valence-electron chi connectivity index (χ3n) is 6.83. The number of hydrogen-bond acceptors (Lipinski definition) is 8. The maximum absolute atomic E-state index is 6.23. The summed E-state index contributed by atoms with van der Waals surface area (Å²) >= 11 is 6.23. The van der Waals surface area contributed by atoms with E-state index in [4.69, 9.17) is 36.4 Å². The minimum atomic E-state index is 0.171. The van der Waals surface area contributed by atoms with E-state index in [9.17, 15) is 0 Å². The van der Waals surface area contributed by atoms with E-state index < -0.39 is 0 Å². The highest BCUT2D eigenvalue weighted by molar-refractivity contribution is 6.30. The summed E-state index contributed by atoms with van der Waals surface area (Å²) in [5.41, 5.74) is 6.06. The molecular weight excluding hydrogens is 502 g/mol. The Kier molecular flexibility index (Phi) is 6.21. The predicted molar refractivity (Wildman–Crippen MR) is 149 cm³/mol. The third kappa shape index (κ3) is 4.15. The Hall–Kier alpha value is -4.02. The quantitative estimate of drug-likeness (QED) is 0.353. The summed E-state index contributed by atoms with van der Waals surface area (Å²) in [5.74, 6) is 2.03. The molecule has 0 bridgehead atoms. The second-order valence-corrected chi connectivity index (χ2v) is 9.79. The van der Waals surface area contributed by atoms with Gasteiger partial charge in [-0.1, -0.05) is 23.7 Å². The maximum Gasteiger partial charge on any atom is 0.239 e. The molecule has 10 nitrogen and oxygen atoms in total. The van der Waals surface area contributed by atoms with E-state index in [2.05, 4.69) is 22.1 Å². The molecule has 0 radical (unpaired) electrons. The number of halogens is 1. The summed E-state index contributed by atoms with van der Waals surface area (Å²) in [6, 6.07) is 12.0. The van der Waals surface area contributed by atoms with Gasteiger partial charge in [-0.15, -0.1) is 0 Å². The Morgan fingerprint density at radius 2 is 1.92 bits per heavy atom. The highest BCUT2D eigenvalue weighted by atomic mass is 35.5. The first-order valence-electron chi connectivity index (χ1n) is 12.5. The largest absolute Gasteiger partial charge is 0.377 e. The Labute approximate surface area is 225 Å². The van der Waals surface area contributed by atoms with Gasteiger partial charge in [-0.25, -0.2) is 19.2 Å². The van der Waals surface area contributed by atoms with E-state index in [1.54, 1.807) is 12.4 Å². The number of aromatic nitrogens is 7. The van der Waals surface area contributed by atoms with Crippen molar-refractivity contribution in [3.63, 3.8) is 0 Å². The summed E-state index contributed by atoms with van der Waals surface area (Å²) in [6.07, 6.45) is 3.36. The minimum Gasteiger partial charge on any atom is -0.377 e. The molecule has 1 saturated heterocycles. The number of imidazole rings is 1. The lowest BCUT2D eigenvalue weighted by Crippen LogP contribution is -2.44. The van der Waals surface area contributed by atoms with Crippen LogP contribution >= 0.6 is 11.6 Å². The Bertz CT molecular complexity index is 1640. The van der Waals surface area contributed by atoms with Crippen LogP contribution in [0.5, 0.6) is 0 Å². The van der Waals surface area contributed by atoms with Crippen molar-refractivity contribution >= 4 is 34.4 Å². The summed E-state index contributed by atoms with van der Waals surface area (Å²) in [4.78, 5) is 21.4. The van der Waals surface area contributed by atoms with Crippen LogP contribution < -0.4 is 10.2 Å². The fourth-order valence-corrected chi connectivity index (χ4v) is 5.21. The van der Waals surface area contributed by atoms with Crippen molar-refractivity contribution in [3.8, 4) is 22.9 Å². The maximum atomic E-state index is 6.23. The number of morpholine rings is 1. The normalized spacial score (nSPS) is 15.8. The second-order valence-electron chi connectivity index (χ2n) is 9.36. The van der Waals surface area contributed by atoms with Crippen molar-refractivity contribution < 1.29 is 4.74 Å². The first-order chi connectivity index (χ1) is 18.4. The van der Waals surface area contributed by atoms with Gasteiger partial charge in [-0.3, -0.25) is 4.98 Å². The number of hydrogen-bond donors (Lipinski definition) is 1. The Balaban J connectivity index is 1.58. The zero-order valence-electron chi connectivity index (χ0n) is 21.7. The lowest BCUT2D eigenvalue weighted by atomic mass is 10.1. The molecule has 1 fully saturated rings. The van der Waals surface area contributed by atoms with Crippen molar-refractivity contribution in [2.45, 2.75) is 26.8 Å². The second kappa shape index (κ2) is 9.70. The van der Waals surface area contributed by atoms with Gasteiger partial charge in [0.2, 0.25) is 11.9 Å². The van der Waals surface area contributed by atoms with Crippen molar-refractivity contribution in [2.75, 3.05) is 37.0 Å². The van der Waals surface area contributed by atoms with E-state index in [1.165, 1.54) is 0 Å². The fraction of sp³-hybridized carbons (Fsp3) is 0.296. The molecule has 0 saturated carbocycles. The lowest BCUT2D eigenvalue weighted by Gasteiger charge is -2.34. The number of pyridine rings is 1. The molecule has 0 amide bonds. The Morgan fingerprint density at radius 1 is 1.08 bits per heavy atom. The summed E-state index contributed by atoms with van der Waals surface area (Å²) in [5, 5.41) is 8.58. The van der Waals surface area contributed by atoms with Gasteiger partial charge in [0, 0.05) is 31.4 Å². The molecule has 0 spiro atoms.